The van der Waals surface area contributed by atoms with Crippen molar-refractivity contribution in [2.24, 2.45) is 0 Å². The average Bonchev–Trinajstić information content (AvgIpc) is 3.22. The molecule has 2 rings (SSSR count). The summed E-state index contributed by atoms with van der Waals surface area (Å²) in [4.78, 5) is 0.965. The fourth-order valence-electron chi connectivity index (χ4n) is 3.16. The number of hydrogen-bond donors (Lipinski definition) is 3. The molecular formula is C23H24F6O3S. The van der Waals surface area contributed by atoms with Gasteiger partial charge in [0.15, 0.2) is 0 Å². The molecule has 0 saturated carbocycles. The Kier molecular flexibility index (Phi) is 8.92. The van der Waals surface area contributed by atoms with Crippen LogP contribution in [0.1, 0.15) is 40.5 Å². The molecule has 3 N–H and O–H groups in total. The molecule has 10 heteroatoms. The maximum atomic E-state index is 12.8. The van der Waals surface area contributed by atoms with Crippen LogP contribution in [0, 0.1) is 0 Å². The van der Waals surface area contributed by atoms with E-state index in [2.05, 4.69) is 0 Å². The van der Waals surface area contributed by atoms with Crippen LogP contribution in [0.15, 0.2) is 47.9 Å². The normalized spacial score (nSPS) is 13.8. The number of thiophene rings is 1. The topological polar surface area (TPSA) is 60.7 Å². The van der Waals surface area contributed by atoms with Crippen LogP contribution in [0.3, 0.4) is 0 Å². The van der Waals surface area contributed by atoms with Gasteiger partial charge < -0.3 is 15.3 Å². The van der Waals surface area contributed by atoms with E-state index in [0.717, 1.165) is 16.5 Å². The number of aryl methyl sites for hydroxylation is 2. The molecule has 0 radical (unpaired) electrons. The zero-order valence-corrected chi connectivity index (χ0v) is 18.5. The van der Waals surface area contributed by atoms with Crippen molar-refractivity contribution in [2.45, 2.75) is 57.4 Å². The predicted molar refractivity (Wildman–Crippen MR) is 114 cm³/mol. The number of benzene rings is 1. The summed E-state index contributed by atoms with van der Waals surface area (Å²) >= 11 is 1.41. The number of allylic oxidation sites excluding steroid dienone is 3. The number of aliphatic hydroxyl groups is 3. The Hall–Kier alpha value is -2.14. The first-order chi connectivity index (χ1) is 15.4. The SMILES string of the molecule is CC/C(=C\C=C\C(O)(C(F)(F)F)C(F)(F)F)c1csc(CCc2ccc(CO)c(CO)c2)c1. The van der Waals surface area contributed by atoms with Gasteiger partial charge in [-0.25, -0.2) is 0 Å². The van der Waals surface area contributed by atoms with Crippen molar-refractivity contribution < 1.29 is 41.7 Å². The third-order valence-corrected chi connectivity index (χ3v) is 6.17. The molecule has 0 aliphatic heterocycles. The van der Waals surface area contributed by atoms with E-state index in [-0.39, 0.29) is 19.3 Å². The van der Waals surface area contributed by atoms with Crippen molar-refractivity contribution >= 4 is 16.9 Å². The summed E-state index contributed by atoms with van der Waals surface area (Å²) in [6.45, 7) is 1.35. The molecule has 0 fully saturated rings. The van der Waals surface area contributed by atoms with Crippen LogP contribution < -0.4 is 0 Å². The van der Waals surface area contributed by atoms with Crippen LogP contribution in [-0.4, -0.2) is 33.3 Å². The van der Waals surface area contributed by atoms with Crippen molar-refractivity contribution in [1.29, 1.82) is 0 Å². The first-order valence-corrected chi connectivity index (χ1v) is 10.9. The third kappa shape index (κ3) is 6.47. The van der Waals surface area contributed by atoms with Crippen molar-refractivity contribution in [3.05, 3.63) is 75.0 Å². The molecule has 0 saturated heterocycles. The molecule has 0 aliphatic rings. The fraction of sp³-hybridized carbons (Fsp3) is 0.391. The Morgan fingerprint density at radius 1 is 0.939 bits per heavy atom. The van der Waals surface area contributed by atoms with Gasteiger partial charge in [0.1, 0.15) is 0 Å². The largest absolute Gasteiger partial charge is 0.430 e. The Bertz CT molecular complexity index is 975. The predicted octanol–water partition coefficient (Wildman–Crippen LogP) is 5.72. The minimum atomic E-state index is -5.90. The monoisotopic (exact) mass is 494 g/mol. The van der Waals surface area contributed by atoms with Gasteiger partial charge in [-0.2, -0.15) is 26.3 Å². The van der Waals surface area contributed by atoms with Gasteiger partial charge in [0.2, 0.25) is 0 Å². The molecule has 33 heavy (non-hydrogen) atoms. The standard InChI is InChI=1S/C23H24F6O3S/c1-2-16(4-3-9-21(32,22(24,25)26)23(27,28)29)19-11-20(33-14-19)8-6-15-5-7-17(12-30)18(10-15)13-31/h3-5,7,9-11,14,30-32H,2,6,8,12-13H2,1H3/b9-3+,16-4+. The summed E-state index contributed by atoms with van der Waals surface area (Å²) in [5.74, 6) is 0. The molecule has 1 heterocycles. The van der Waals surface area contributed by atoms with E-state index in [1.807, 2.05) is 18.2 Å². The number of hydrogen-bond acceptors (Lipinski definition) is 4. The van der Waals surface area contributed by atoms with E-state index in [1.165, 1.54) is 11.3 Å². The first-order valence-electron chi connectivity index (χ1n) is 10.0. The summed E-state index contributed by atoms with van der Waals surface area (Å²) in [7, 11) is 0. The summed E-state index contributed by atoms with van der Waals surface area (Å²) in [6.07, 6.45) is -8.72. The van der Waals surface area contributed by atoms with Gasteiger partial charge in [0.25, 0.3) is 5.60 Å². The molecule has 0 spiro atoms. The summed E-state index contributed by atoms with van der Waals surface area (Å²) in [6, 6.07) is 7.23. The van der Waals surface area contributed by atoms with Crippen LogP contribution >= 0.6 is 11.3 Å². The zero-order chi connectivity index (χ0) is 24.9. The second kappa shape index (κ2) is 10.9. The molecule has 0 bridgehead atoms. The van der Waals surface area contributed by atoms with Crippen molar-refractivity contribution in [1.82, 2.24) is 0 Å². The highest BCUT2D eigenvalue weighted by molar-refractivity contribution is 7.10. The highest BCUT2D eigenvalue weighted by Crippen LogP contribution is 2.44. The lowest BCUT2D eigenvalue weighted by atomic mass is 10.00. The molecule has 1 aromatic carbocycles. The number of aliphatic hydroxyl groups excluding tert-OH is 2. The molecule has 0 amide bonds. The molecule has 0 atom stereocenters. The smallest absolute Gasteiger partial charge is 0.392 e. The number of alkyl halides is 6. The van der Waals surface area contributed by atoms with E-state index in [0.29, 0.717) is 47.6 Å². The van der Waals surface area contributed by atoms with Gasteiger partial charge in [0.05, 0.1) is 13.2 Å². The van der Waals surface area contributed by atoms with E-state index in [9.17, 15) is 41.7 Å². The summed E-state index contributed by atoms with van der Waals surface area (Å²) in [5, 5.41) is 29.6. The fourth-order valence-corrected chi connectivity index (χ4v) is 4.07. The van der Waals surface area contributed by atoms with Crippen molar-refractivity contribution in [3.63, 3.8) is 0 Å². The van der Waals surface area contributed by atoms with Gasteiger partial charge >= 0.3 is 12.4 Å². The van der Waals surface area contributed by atoms with E-state index >= 15 is 0 Å². The van der Waals surface area contributed by atoms with Crippen LogP contribution in [0.5, 0.6) is 0 Å². The first kappa shape index (κ1) is 27.1. The molecule has 1 aromatic heterocycles. The van der Waals surface area contributed by atoms with Crippen LogP contribution in [0.2, 0.25) is 0 Å². The summed E-state index contributed by atoms with van der Waals surface area (Å²) in [5.41, 5.74) is -1.48. The highest BCUT2D eigenvalue weighted by atomic mass is 32.1. The lowest BCUT2D eigenvalue weighted by molar-refractivity contribution is -0.347. The van der Waals surface area contributed by atoms with Gasteiger partial charge in [0, 0.05) is 4.88 Å². The zero-order valence-electron chi connectivity index (χ0n) is 17.7. The van der Waals surface area contributed by atoms with Crippen LogP contribution in [-0.2, 0) is 26.1 Å². The van der Waals surface area contributed by atoms with Gasteiger partial charge in [-0.05, 0) is 64.6 Å². The average molecular weight is 494 g/mol. The lowest BCUT2D eigenvalue weighted by Gasteiger charge is -2.29. The Morgan fingerprint density at radius 2 is 1.58 bits per heavy atom. The Morgan fingerprint density at radius 3 is 2.12 bits per heavy atom. The van der Waals surface area contributed by atoms with Crippen molar-refractivity contribution in [2.75, 3.05) is 0 Å². The number of halogens is 6. The minimum absolute atomic E-state index is 0.172. The lowest BCUT2D eigenvalue weighted by Crippen LogP contribution is -2.55. The molecule has 0 unspecified atom stereocenters. The Balaban J connectivity index is 2.15. The highest BCUT2D eigenvalue weighted by Gasteiger charge is 2.68. The molecular weight excluding hydrogens is 470 g/mol. The van der Waals surface area contributed by atoms with Gasteiger partial charge in [-0.15, -0.1) is 11.3 Å². The molecule has 2 aromatic rings. The second-order valence-electron chi connectivity index (χ2n) is 7.39. The maximum absolute atomic E-state index is 12.8. The van der Waals surface area contributed by atoms with E-state index in [4.69, 9.17) is 0 Å². The van der Waals surface area contributed by atoms with E-state index < -0.39 is 18.0 Å². The van der Waals surface area contributed by atoms with Crippen LogP contribution in [0.25, 0.3) is 5.57 Å². The molecule has 182 valence electrons. The maximum Gasteiger partial charge on any atom is 0.430 e. The minimum Gasteiger partial charge on any atom is -0.392 e. The quantitative estimate of drug-likeness (QED) is 0.309. The van der Waals surface area contributed by atoms with E-state index in [1.54, 1.807) is 18.4 Å². The van der Waals surface area contributed by atoms with Gasteiger partial charge in [-0.3, -0.25) is 0 Å². The summed E-state index contributed by atoms with van der Waals surface area (Å²) < 4.78 is 76.7. The Labute approximate surface area is 191 Å². The van der Waals surface area contributed by atoms with Gasteiger partial charge in [-0.1, -0.05) is 37.3 Å². The second-order valence-corrected chi connectivity index (χ2v) is 8.38. The van der Waals surface area contributed by atoms with Crippen LogP contribution in [0.4, 0.5) is 26.3 Å². The molecule has 3 nitrogen and oxygen atoms in total. The van der Waals surface area contributed by atoms with Crippen molar-refractivity contribution in [3.8, 4) is 0 Å². The molecule has 0 aliphatic carbocycles. The third-order valence-electron chi connectivity index (χ3n) is 5.18. The number of rotatable bonds is 9.